The highest BCUT2D eigenvalue weighted by Gasteiger charge is 2.26. The molecule has 1 heterocycles. The van der Waals surface area contributed by atoms with Crippen molar-refractivity contribution in [1.29, 1.82) is 0 Å². The molecule has 1 saturated heterocycles. The quantitative estimate of drug-likeness (QED) is 0.744. The summed E-state index contributed by atoms with van der Waals surface area (Å²) in [7, 11) is 0. The summed E-state index contributed by atoms with van der Waals surface area (Å²) in [6.45, 7) is 1.66. The fourth-order valence-electron chi connectivity index (χ4n) is 2.70. The van der Waals surface area contributed by atoms with Gasteiger partial charge in [0.05, 0.1) is 23.7 Å². The van der Waals surface area contributed by atoms with Crippen LogP contribution in [-0.4, -0.2) is 43.2 Å². The maximum Gasteiger partial charge on any atom is 0.255 e. The van der Waals surface area contributed by atoms with Gasteiger partial charge in [0, 0.05) is 17.1 Å². The highest BCUT2D eigenvalue weighted by Crippen LogP contribution is 2.23. The molecule has 1 fully saturated rings. The Labute approximate surface area is 162 Å². The molecular weight excluding hydrogens is 373 g/mol. The predicted octanol–water partition coefficient (Wildman–Crippen LogP) is 3.89. The zero-order chi connectivity index (χ0) is 18.5. The number of benzene rings is 2. The van der Waals surface area contributed by atoms with Gasteiger partial charge in [-0.05, 0) is 36.4 Å². The second-order valence-electron chi connectivity index (χ2n) is 5.85. The van der Waals surface area contributed by atoms with Crippen molar-refractivity contribution in [1.82, 2.24) is 4.90 Å². The standard InChI is InChI=1S/C20H17Cl2NO3/c1-2-14-4-3-5-16(10-14)26-13-17-12-23(8-9-25-17)20(24)18-11-15(21)6-7-19(18)22/h1,3-7,10-11,17H,8-9,12-13H2. The summed E-state index contributed by atoms with van der Waals surface area (Å²) in [5.74, 6) is 3.07. The van der Waals surface area contributed by atoms with E-state index in [9.17, 15) is 4.79 Å². The summed E-state index contributed by atoms with van der Waals surface area (Å²) in [6.07, 6.45) is 5.16. The summed E-state index contributed by atoms with van der Waals surface area (Å²) in [4.78, 5) is 14.4. The van der Waals surface area contributed by atoms with E-state index >= 15 is 0 Å². The third-order valence-electron chi connectivity index (χ3n) is 4.02. The number of hydrogen-bond donors (Lipinski definition) is 0. The molecule has 0 N–H and O–H groups in total. The molecule has 3 rings (SSSR count). The van der Waals surface area contributed by atoms with E-state index in [1.54, 1.807) is 29.2 Å². The van der Waals surface area contributed by atoms with Gasteiger partial charge >= 0.3 is 0 Å². The lowest BCUT2D eigenvalue weighted by atomic mass is 10.1. The third-order valence-corrected chi connectivity index (χ3v) is 4.59. The van der Waals surface area contributed by atoms with E-state index < -0.39 is 0 Å². The van der Waals surface area contributed by atoms with Gasteiger partial charge in [0.1, 0.15) is 18.5 Å². The van der Waals surface area contributed by atoms with Crippen LogP contribution in [0.25, 0.3) is 0 Å². The number of halogens is 2. The van der Waals surface area contributed by atoms with Crippen molar-refractivity contribution in [2.24, 2.45) is 0 Å². The number of carbonyl (C=O) groups excluding carboxylic acids is 1. The first-order chi connectivity index (χ1) is 12.6. The minimum atomic E-state index is -0.236. The Bertz CT molecular complexity index is 847. The average Bonchev–Trinajstić information content (AvgIpc) is 2.68. The largest absolute Gasteiger partial charge is 0.491 e. The molecule has 2 aromatic rings. The van der Waals surface area contributed by atoms with Crippen LogP contribution < -0.4 is 4.74 Å². The first-order valence-electron chi connectivity index (χ1n) is 8.12. The van der Waals surface area contributed by atoms with E-state index in [1.165, 1.54) is 0 Å². The molecule has 0 aromatic heterocycles. The number of amides is 1. The zero-order valence-corrected chi connectivity index (χ0v) is 15.5. The van der Waals surface area contributed by atoms with Crippen LogP contribution in [0.1, 0.15) is 15.9 Å². The molecule has 4 nitrogen and oxygen atoms in total. The first-order valence-corrected chi connectivity index (χ1v) is 8.88. The van der Waals surface area contributed by atoms with Crippen molar-refractivity contribution in [2.45, 2.75) is 6.10 Å². The molecule has 2 aromatic carbocycles. The molecule has 0 saturated carbocycles. The molecule has 1 aliphatic rings. The molecule has 0 spiro atoms. The van der Waals surface area contributed by atoms with E-state index in [0.29, 0.717) is 47.7 Å². The van der Waals surface area contributed by atoms with Gasteiger partial charge in [0.2, 0.25) is 0 Å². The van der Waals surface area contributed by atoms with Crippen LogP contribution >= 0.6 is 23.2 Å². The molecule has 1 amide bonds. The Morgan fingerprint density at radius 2 is 2.15 bits per heavy atom. The average molecular weight is 390 g/mol. The van der Waals surface area contributed by atoms with Gasteiger partial charge in [-0.2, -0.15) is 0 Å². The second-order valence-corrected chi connectivity index (χ2v) is 6.69. The summed E-state index contributed by atoms with van der Waals surface area (Å²) in [5.41, 5.74) is 1.14. The molecule has 1 unspecified atom stereocenters. The smallest absolute Gasteiger partial charge is 0.255 e. The fraction of sp³-hybridized carbons (Fsp3) is 0.250. The van der Waals surface area contributed by atoms with Crippen LogP contribution in [0, 0.1) is 12.3 Å². The highest BCUT2D eigenvalue weighted by atomic mass is 35.5. The maximum atomic E-state index is 12.7. The first kappa shape index (κ1) is 18.6. The van der Waals surface area contributed by atoms with Crippen LogP contribution in [0.4, 0.5) is 0 Å². The molecule has 1 aliphatic heterocycles. The summed E-state index contributed by atoms with van der Waals surface area (Å²) >= 11 is 12.1. The van der Waals surface area contributed by atoms with Crippen molar-refractivity contribution in [3.63, 3.8) is 0 Å². The van der Waals surface area contributed by atoms with Crippen LogP contribution in [0.15, 0.2) is 42.5 Å². The van der Waals surface area contributed by atoms with Crippen molar-refractivity contribution in [2.75, 3.05) is 26.3 Å². The number of rotatable bonds is 4. The Hall–Kier alpha value is -2.19. The van der Waals surface area contributed by atoms with E-state index in [1.807, 2.05) is 18.2 Å². The highest BCUT2D eigenvalue weighted by molar-refractivity contribution is 6.35. The predicted molar refractivity (Wildman–Crippen MR) is 102 cm³/mol. The fourth-order valence-corrected chi connectivity index (χ4v) is 3.07. The molecule has 0 aliphatic carbocycles. The summed E-state index contributed by atoms with van der Waals surface area (Å²) in [5, 5.41) is 0.851. The number of carbonyl (C=O) groups is 1. The Morgan fingerprint density at radius 1 is 1.31 bits per heavy atom. The molecule has 1 atom stereocenters. The number of terminal acetylenes is 1. The maximum absolute atomic E-state index is 12.7. The van der Waals surface area contributed by atoms with Gasteiger partial charge in [0.15, 0.2) is 0 Å². The van der Waals surface area contributed by atoms with Crippen molar-refractivity contribution < 1.29 is 14.3 Å². The lowest BCUT2D eigenvalue weighted by Gasteiger charge is -2.33. The van der Waals surface area contributed by atoms with Crippen molar-refractivity contribution in [3.8, 4) is 18.1 Å². The van der Waals surface area contributed by atoms with Crippen LogP contribution in [-0.2, 0) is 4.74 Å². The molecule has 134 valence electrons. The van der Waals surface area contributed by atoms with Gasteiger partial charge in [-0.15, -0.1) is 6.42 Å². The Kier molecular flexibility index (Phi) is 6.05. The van der Waals surface area contributed by atoms with Crippen molar-refractivity contribution >= 4 is 29.1 Å². The van der Waals surface area contributed by atoms with Crippen LogP contribution in [0.3, 0.4) is 0 Å². The Balaban J connectivity index is 1.62. The van der Waals surface area contributed by atoms with E-state index in [0.717, 1.165) is 5.56 Å². The number of morpholine rings is 1. The lowest BCUT2D eigenvalue weighted by Crippen LogP contribution is -2.47. The molecule has 0 radical (unpaired) electrons. The van der Waals surface area contributed by atoms with Gasteiger partial charge < -0.3 is 14.4 Å². The van der Waals surface area contributed by atoms with E-state index in [-0.39, 0.29) is 12.0 Å². The molecule has 0 bridgehead atoms. The molecule has 6 heteroatoms. The number of hydrogen-bond acceptors (Lipinski definition) is 3. The normalized spacial score (nSPS) is 16.8. The minimum absolute atomic E-state index is 0.167. The minimum Gasteiger partial charge on any atom is -0.491 e. The molecule has 26 heavy (non-hydrogen) atoms. The zero-order valence-electron chi connectivity index (χ0n) is 14.0. The van der Waals surface area contributed by atoms with Crippen LogP contribution in [0.2, 0.25) is 10.0 Å². The van der Waals surface area contributed by atoms with Gasteiger partial charge in [-0.3, -0.25) is 4.79 Å². The number of nitrogens with zero attached hydrogens (tertiary/aromatic N) is 1. The summed E-state index contributed by atoms with van der Waals surface area (Å²) < 4.78 is 11.5. The lowest BCUT2D eigenvalue weighted by molar-refractivity contribution is -0.0401. The van der Waals surface area contributed by atoms with Crippen LogP contribution in [0.5, 0.6) is 5.75 Å². The van der Waals surface area contributed by atoms with Gasteiger partial charge in [0.25, 0.3) is 5.91 Å². The third kappa shape index (κ3) is 4.50. The topological polar surface area (TPSA) is 38.8 Å². The van der Waals surface area contributed by atoms with Gasteiger partial charge in [-0.25, -0.2) is 0 Å². The van der Waals surface area contributed by atoms with Gasteiger partial charge in [-0.1, -0.05) is 35.2 Å². The molecular formula is C20H17Cl2NO3. The van der Waals surface area contributed by atoms with E-state index in [2.05, 4.69) is 5.92 Å². The second kappa shape index (κ2) is 8.46. The van der Waals surface area contributed by atoms with Crippen molar-refractivity contribution in [3.05, 3.63) is 63.6 Å². The Morgan fingerprint density at radius 3 is 2.96 bits per heavy atom. The van der Waals surface area contributed by atoms with E-state index in [4.69, 9.17) is 39.1 Å². The monoisotopic (exact) mass is 389 g/mol. The SMILES string of the molecule is C#Cc1cccc(OCC2CN(C(=O)c3cc(Cl)ccc3Cl)CCO2)c1. The number of ether oxygens (including phenoxy) is 2. The summed E-state index contributed by atoms with van der Waals surface area (Å²) in [6, 6.07) is 12.1.